The van der Waals surface area contributed by atoms with Gasteiger partial charge in [-0.1, -0.05) is 13.8 Å². The lowest BCUT2D eigenvalue weighted by molar-refractivity contribution is -0.122. The number of rotatable bonds is 6. The van der Waals surface area contributed by atoms with Crippen molar-refractivity contribution in [2.75, 3.05) is 26.2 Å². The van der Waals surface area contributed by atoms with E-state index in [0.717, 1.165) is 44.3 Å². The Morgan fingerprint density at radius 1 is 1.21 bits per heavy atom. The number of hydrogen-bond donors (Lipinski definition) is 1. The first-order chi connectivity index (χ1) is 16.3. The van der Waals surface area contributed by atoms with E-state index in [1.807, 2.05) is 37.8 Å². The van der Waals surface area contributed by atoms with Gasteiger partial charge in [0, 0.05) is 43.5 Å². The molecule has 0 bridgehead atoms. The Bertz CT molecular complexity index is 1040. The Morgan fingerprint density at radius 3 is 2.59 bits per heavy atom. The Balaban J connectivity index is 1.29. The van der Waals surface area contributed by atoms with Crippen molar-refractivity contribution in [3.05, 3.63) is 41.4 Å². The molecule has 2 saturated heterocycles. The number of likely N-dealkylation sites (tertiary alicyclic amines) is 2. The molecule has 0 radical (unpaired) electrons. The predicted molar refractivity (Wildman–Crippen MR) is 125 cm³/mol. The summed E-state index contributed by atoms with van der Waals surface area (Å²) in [4.78, 5) is 34.0. The summed E-state index contributed by atoms with van der Waals surface area (Å²) in [7, 11) is 0. The average molecular weight is 467 g/mol. The van der Waals surface area contributed by atoms with Crippen molar-refractivity contribution >= 4 is 11.8 Å². The molecule has 9 heteroatoms. The number of carbonyl (C=O) groups is 2. The van der Waals surface area contributed by atoms with Crippen LogP contribution in [-0.4, -0.2) is 69.0 Å². The second-order valence-corrected chi connectivity index (χ2v) is 10.6. The fourth-order valence-corrected chi connectivity index (χ4v) is 5.18. The highest BCUT2D eigenvalue weighted by molar-refractivity contribution is 5.94. The highest BCUT2D eigenvalue weighted by Gasteiger charge is 2.48. The van der Waals surface area contributed by atoms with E-state index in [2.05, 4.69) is 25.4 Å². The minimum atomic E-state index is -0.0755. The minimum absolute atomic E-state index is 0.0271. The number of nitrogens with zero attached hydrogens (tertiary/aromatic N) is 5. The number of aromatic nitrogens is 3. The highest BCUT2D eigenvalue weighted by Crippen LogP contribution is 2.48. The zero-order valence-corrected chi connectivity index (χ0v) is 20.3. The van der Waals surface area contributed by atoms with Crippen LogP contribution in [0.1, 0.15) is 85.7 Å². The van der Waals surface area contributed by atoms with Crippen LogP contribution in [0.5, 0.6) is 0 Å². The quantitative estimate of drug-likeness (QED) is 0.698. The minimum Gasteiger partial charge on any atom is -0.423 e. The lowest BCUT2D eigenvalue weighted by Crippen LogP contribution is -2.45. The van der Waals surface area contributed by atoms with E-state index in [-0.39, 0.29) is 29.2 Å². The molecule has 1 spiro atoms. The monoisotopic (exact) mass is 466 g/mol. The molecule has 4 heterocycles. The summed E-state index contributed by atoms with van der Waals surface area (Å²) in [6.45, 7) is 8.50. The van der Waals surface area contributed by atoms with E-state index >= 15 is 0 Å². The number of piperidine rings is 1. The zero-order valence-electron chi connectivity index (χ0n) is 20.3. The summed E-state index contributed by atoms with van der Waals surface area (Å²) in [5.41, 5.74) is 1.56. The van der Waals surface area contributed by atoms with E-state index in [9.17, 15) is 9.59 Å². The maximum absolute atomic E-state index is 13.0. The van der Waals surface area contributed by atoms with Gasteiger partial charge in [-0.25, -0.2) is 0 Å². The number of pyridine rings is 1. The van der Waals surface area contributed by atoms with Gasteiger partial charge in [-0.15, -0.1) is 10.2 Å². The van der Waals surface area contributed by atoms with Crippen molar-refractivity contribution in [2.24, 2.45) is 5.41 Å². The average Bonchev–Trinajstić information content (AvgIpc) is 3.36. The largest absolute Gasteiger partial charge is 0.423 e. The first kappa shape index (κ1) is 23.0. The van der Waals surface area contributed by atoms with Crippen molar-refractivity contribution in [3.63, 3.8) is 0 Å². The predicted octanol–water partition coefficient (Wildman–Crippen LogP) is 2.84. The molecular formula is C25H34N6O3. The van der Waals surface area contributed by atoms with Crippen LogP contribution < -0.4 is 5.32 Å². The Morgan fingerprint density at radius 2 is 1.97 bits per heavy atom. The molecule has 2 aromatic heterocycles. The zero-order chi connectivity index (χ0) is 23.9. The van der Waals surface area contributed by atoms with Gasteiger partial charge >= 0.3 is 0 Å². The summed E-state index contributed by atoms with van der Waals surface area (Å²) in [6, 6.07) is 3.99. The molecule has 0 aromatic carbocycles. The molecule has 34 heavy (non-hydrogen) atoms. The first-order valence-electron chi connectivity index (χ1n) is 12.4. The second kappa shape index (κ2) is 9.09. The lowest BCUT2D eigenvalue weighted by Gasteiger charge is -2.39. The Labute approximate surface area is 200 Å². The third kappa shape index (κ3) is 4.85. The molecule has 1 aliphatic carbocycles. The molecule has 9 nitrogen and oxygen atoms in total. The van der Waals surface area contributed by atoms with Gasteiger partial charge in [-0.05, 0) is 56.6 Å². The van der Waals surface area contributed by atoms with Gasteiger partial charge in [0.15, 0.2) is 0 Å². The van der Waals surface area contributed by atoms with E-state index in [4.69, 9.17) is 4.42 Å². The standard InChI is InChI=1S/C25H34N6O3/c1-16(2)22-28-29-23(34-22)20-12-25(15-31(20)14-21(32)27-19-6-7-19)8-10-30(11-9-25)24(33)18-5-4-17(3)26-13-18/h4-5,13,16,19-20H,6-12,14-15H2,1-3H3,(H,27,32). The molecule has 5 rings (SSSR count). The maximum Gasteiger partial charge on any atom is 0.255 e. The van der Waals surface area contributed by atoms with Crippen LogP contribution in [0, 0.1) is 12.3 Å². The summed E-state index contributed by atoms with van der Waals surface area (Å²) >= 11 is 0. The van der Waals surface area contributed by atoms with Crippen LogP contribution in [0.15, 0.2) is 22.7 Å². The second-order valence-electron chi connectivity index (χ2n) is 10.6. The summed E-state index contributed by atoms with van der Waals surface area (Å²) in [6.07, 6.45) is 6.44. The van der Waals surface area contributed by atoms with Gasteiger partial charge in [0.2, 0.25) is 17.7 Å². The van der Waals surface area contributed by atoms with Crippen LogP contribution in [0.25, 0.3) is 0 Å². The smallest absolute Gasteiger partial charge is 0.255 e. The molecule has 3 fully saturated rings. The molecule has 182 valence electrons. The van der Waals surface area contributed by atoms with Crippen LogP contribution in [0.4, 0.5) is 0 Å². The first-order valence-corrected chi connectivity index (χ1v) is 12.4. The molecule has 1 atom stereocenters. The van der Waals surface area contributed by atoms with Gasteiger partial charge in [-0.3, -0.25) is 19.5 Å². The number of amides is 2. The van der Waals surface area contributed by atoms with Crippen molar-refractivity contribution < 1.29 is 14.0 Å². The topological polar surface area (TPSA) is 104 Å². The van der Waals surface area contributed by atoms with E-state index in [0.29, 0.717) is 43.0 Å². The normalized spacial score (nSPS) is 22.5. The number of aryl methyl sites for hydroxylation is 1. The van der Waals surface area contributed by atoms with Crippen LogP contribution in [0.2, 0.25) is 0 Å². The fraction of sp³-hybridized carbons (Fsp3) is 0.640. The van der Waals surface area contributed by atoms with Gasteiger partial charge < -0.3 is 14.6 Å². The SMILES string of the molecule is Cc1ccc(C(=O)N2CCC3(CC2)CC(c2nnc(C(C)C)o2)N(CC(=O)NC2CC2)C3)cn1. The molecule has 1 unspecified atom stereocenters. The van der Waals surface area contributed by atoms with Gasteiger partial charge in [0.25, 0.3) is 5.91 Å². The van der Waals surface area contributed by atoms with Crippen molar-refractivity contribution in [2.45, 2.75) is 70.9 Å². The molecular weight excluding hydrogens is 432 g/mol. The van der Waals surface area contributed by atoms with E-state index < -0.39 is 0 Å². The van der Waals surface area contributed by atoms with E-state index in [1.54, 1.807) is 6.20 Å². The Hall–Kier alpha value is -2.81. The van der Waals surface area contributed by atoms with Gasteiger partial charge in [0.1, 0.15) is 0 Å². The third-order valence-electron chi connectivity index (χ3n) is 7.40. The Kier molecular flexibility index (Phi) is 6.14. The number of hydrogen-bond acceptors (Lipinski definition) is 7. The van der Waals surface area contributed by atoms with E-state index in [1.165, 1.54) is 0 Å². The van der Waals surface area contributed by atoms with Crippen LogP contribution in [-0.2, 0) is 4.79 Å². The highest BCUT2D eigenvalue weighted by atomic mass is 16.4. The molecule has 1 N–H and O–H groups in total. The lowest BCUT2D eigenvalue weighted by atomic mass is 9.76. The van der Waals surface area contributed by atoms with Gasteiger partial charge in [0.05, 0.1) is 18.2 Å². The number of carbonyl (C=O) groups excluding carboxylic acids is 2. The van der Waals surface area contributed by atoms with Crippen molar-refractivity contribution in [1.82, 2.24) is 30.3 Å². The van der Waals surface area contributed by atoms with Crippen LogP contribution in [0.3, 0.4) is 0 Å². The molecule has 1 saturated carbocycles. The molecule has 2 aromatic rings. The number of nitrogens with one attached hydrogen (secondary N) is 1. The van der Waals surface area contributed by atoms with Gasteiger partial charge in [-0.2, -0.15) is 0 Å². The summed E-state index contributed by atoms with van der Waals surface area (Å²) in [5.74, 6) is 1.49. The molecule has 2 amide bonds. The van der Waals surface area contributed by atoms with Crippen molar-refractivity contribution in [3.8, 4) is 0 Å². The maximum atomic E-state index is 13.0. The molecule has 3 aliphatic rings. The summed E-state index contributed by atoms with van der Waals surface area (Å²) < 4.78 is 6.03. The summed E-state index contributed by atoms with van der Waals surface area (Å²) in [5, 5.41) is 11.7. The van der Waals surface area contributed by atoms with Crippen LogP contribution >= 0.6 is 0 Å². The fourth-order valence-electron chi connectivity index (χ4n) is 5.18. The third-order valence-corrected chi connectivity index (χ3v) is 7.40. The molecule has 2 aliphatic heterocycles. The van der Waals surface area contributed by atoms with Crippen molar-refractivity contribution in [1.29, 1.82) is 0 Å².